The van der Waals surface area contributed by atoms with E-state index in [4.69, 9.17) is 0 Å². The molecule has 1 aromatic rings. The fourth-order valence-electron chi connectivity index (χ4n) is 1.63. The smallest absolute Gasteiger partial charge is 0.237 e. The van der Waals surface area contributed by atoms with E-state index < -0.39 is 0 Å². The molecule has 82 valence electrons. The minimum Gasteiger partial charge on any atom is -0.354 e. The Hall–Kier alpha value is -1.43. The molecule has 15 heavy (non-hydrogen) atoms. The molecule has 0 bridgehead atoms. The van der Waals surface area contributed by atoms with Crippen LogP contribution in [0.1, 0.15) is 18.7 Å². The molecular weight excluding hydrogens is 196 g/mol. The van der Waals surface area contributed by atoms with Crippen molar-refractivity contribution in [2.24, 2.45) is 0 Å². The first-order valence-electron chi connectivity index (χ1n) is 5.12. The first-order valence-corrected chi connectivity index (χ1v) is 5.12. The molecule has 6 nitrogen and oxygen atoms in total. The normalized spacial score (nSPS) is 20.4. The summed E-state index contributed by atoms with van der Waals surface area (Å²) in [5.41, 5.74) is 0. The molecule has 1 atom stereocenters. The molecule has 1 aliphatic heterocycles. The Morgan fingerprint density at radius 1 is 1.73 bits per heavy atom. The predicted octanol–water partition coefficient (Wildman–Crippen LogP) is -0.520. The number of nitrogens with zero attached hydrogens (tertiary/aromatic N) is 2. The molecule has 2 heterocycles. The number of carbonyl (C=O) groups excluding carboxylic acids is 1. The van der Waals surface area contributed by atoms with Crippen LogP contribution in [0.15, 0.2) is 10.9 Å². The van der Waals surface area contributed by atoms with Crippen LogP contribution < -0.4 is 10.6 Å². The average Bonchev–Trinajstić information content (AvgIpc) is 2.90. The standard InChI is InChI=1S/C9H14N4O2/c14-9(7-2-1-4-10-7)11-5-3-8-12-6-15-13-8/h6-7,10H,1-5H2,(H,11,14)/t7-/m1/s1. The highest BCUT2D eigenvalue weighted by Crippen LogP contribution is 2.04. The zero-order valence-electron chi connectivity index (χ0n) is 8.40. The van der Waals surface area contributed by atoms with Crippen LogP contribution in [-0.2, 0) is 11.2 Å². The molecule has 1 amide bonds. The second kappa shape index (κ2) is 4.88. The van der Waals surface area contributed by atoms with E-state index in [1.807, 2.05) is 0 Å². The highest BCUT2D eigenvalue weighted by Gasteiger charge is 2.21. The van der Waals surface area contributed by atoms with Gasteiger partial charge < -0.3 is 15.2 Å². The molecular formula is C9H14N4O2. The summed E-state index contributed by atoms with van der Waals surface area (Å²) >= 11 is 0. The highest BCUT2D eigenvalue weighted by atomic mass is 16.5. The SMILES string of the molecule is O=C(NCCc1ncon1)[C@H]1CCCN1. The Morgan fingerprint density at radius 2 is 2.67 bits per heavy atom. The quantitative estimate of drug-likeness (QED) is 0.699. The van der Waals surface area contributed by atoms with Gasteiger partial charge in [0, 0.05) is 13.0 Å². The second-order valence-electron chi connectivity index (χ2n) is 3.54. The Morgan fingerprint density at radius 3 is 3.33 bits per heavy atom. The molecule has 0 spiro atoms. The summed E-state index contributed by atoms with van der Waals surface area (Å²) in [6.45, 7) is 1.49. The minimum absolute atomic E-state index is 0.0183. The van der Waals surface area contributed by atoms with E-state index in [2.05, 4.69) is 25.3 Å². The largest absolute Gasteiger partial charge is 0.354 e. The first kappa shape index (κ1) is 10.1. The first-order chi connectivity index (χ1) is 7.36. The van der Waals surface area contributed by atoms with Gasteiger partial charge in [-0.05, 0) is 19.4 Å². The molecule has 2 N–H and O–H groups in total. The lowest BCUT2D eigenvalue weighted by atomic mass is 10.2. The number of hydrogen-bond acceptors (Lipinski definition) is 5. The molecule has 0 aliphatic carbocycles. The number of carbonyl (C=O) groups is 1. The summed E-state index contributed by atoms with van der Waals surface area (Å²) < 4.78 is 4.59. The number of nitrogens with one attached hydrogen (secondary N) is 2. The third-order valence-corrected chi connectivity index (χ3v) is 2.43. The van der Waals surface area contributed by atoms with E-state index >= 15 is 0 Å². The van der Waals surface area contributed by atoms with Crippen LogP contribution in [0.25, 0.3) is 0 Å². The summed E-state index contributed by atoms with van der Waals surface area (Å²) in [7, 11) is 0. The molecule has 0 aromatic carbocycles. The lowest BCUT2D eigenvalue weighted by Gasteiger charge is -2.09. The fraction of sp³-hybridized carbons (Fsp3) is 0.667. The molecule has 0 saturated carbocycles. The van der Waals surface area contributed by atoms with Crippen LogP contribution in [0.3, 0.4) is 0 Å². The van der Waals surface area contributed by atoms with E-state index in [0.29, 0.717) is 18.8 Å². The van der Waals surface area contributed by atoms with Gasteiger partial charge in [0.25, 0.3) is 0 Å². The molecule has 1 fully saturated rings. The van der Waals surface area contributed by atoms with Crippen LogP contribution in [-0.4, -0.2) is 35.2 Å². The van der Waals surface area contributed by atoms with Gasteiger partial charge in [0.05, 0.1) is 6.04 Å². The second-order valence-corrected chi connectivity index (χ2v) is 3.54. The van der Waals surface area contributed by atoms with Crippen molar-refractivity contribution in [2.75, 3.05) is 13.1 Å². The zero-order valence-corrected chi connectivity index (χ0v) is 8.40. The van der Waals surface area contributed by atoms with Crippen LogP contribution in [0.2, 0.25) is 0 Å². The van der Waals surface area contributed by atoms with E-state index in [0.717, 1.165) is 19.4 Å². The van der Waals surface area contributed by atoms with Crippen molar-refractivity contribution in [3.63, 3.8) is 0 Å². The molecule has 1 aliphatic rings. The van der Waals surface area contributed by atoms with Gasteiger partial charge >= 0.3 is 0 Å². The fourth-order valence-corrected chi connectivity index (χ4v) is 1.63. The maximum absolute atomic E-state index is 11.5. The van der Waals surface area contributed by atoms with Crippen LogP contribution in [0.5, 0.6) is 0 Å². The molecule has 2 rings (SSSR count). The van der Waals surface area contributed by atoms with Gasteiger partial charge in [-0.2, -0.15) is 4.98 Å². The number of rotatable bonds is 4. The van der Waals surface area contributed by atoms with Gasteiger partial charge in [-0.15, -0.1) is 0 Å². The third kappa shape index (κ3) is 2.76. The molecule has 6 heteroatoms. The van der Waals surface area contributed by atoms with Crippen molar-refractivity contribution >= 4 is 5.91 Å². The summed E-state index contributed by atoms with van der Waals surface area (Å²) in [4.78, 5) is 15.4. The van der Waals surface area contributed by atoms with Crippen molar-refractivity contribution in [3.05, 3.63) is 12.2 Å². The lowest BCUT2D eigenvalue weighted by Crippen LogP contribution is -2.41. The summed E-state index contributed by atoms with van der Waals surface area (Å²) in [5.74, 6) is 0.686. The zero-order chi connectivity index (χ0) is 10.5. The van der Waals surface area contributed by atoms with Crippen molar-refractivity contribution in [1.29, 1.82) is 0 Å². The highest BCUT2D eigenvalue weighted by molar-refractivity contribution is 5.81. The van der Waals surface area contributed by atoms with Crippen LogP contribution in [0.4, 0.5) is 0 Å². The van der Waals surface area contributed by atoms with Gasteiger partial charge in [0.15, 0.2) is 5.82 Å². The van der Waals surface area contributed by atoms with Crippen molar-refractivity contribution in [3.8, 4) is 0 Å². The summed E-state index contributed by atoms with van der Waals surface area (Å²) in [6.07, 6.45) is 3.89. The van der Waals surface area contributed by atoms with Crippen LogP contribution in [0, 0.1) is 0 Å². The summed E-state index contributed by atoms with van der Waals surface area (Å²) in [5, 5.41) is 9.64. The van der Waals surface area contributed by atoms with E-state index in [-0.39, 0.29) is 11.9 Å². The lowest BCUT2D eigenvalue weighted by molar-refractivity contribution is -0.122. The Balaban J connectivity index is 1.67. The van der Waals surface area contributed by atoms with Gasteiger partial charge in [0.1, 0.15) is 0 Å². The van der Waals surface area contributed by atoms with E-state index in [1.54, 1.807) is 0 Å². The maximum Gasteiger partial charge on any atom is 0.237 e. The topological polar surface area (TPSA) is 80.1 Å². The van der Waals surface area contributed by atoms with E-state index in [9.17, 15) is 4.79 Å². The van der Waals surface area contributed by atoms with Crippen molar-refractivity contribution in [2.45, 2.75) is 25.3 Å². The van der Waals surface area contributed by atoms with Gasteiger partial charge in [-0.25, -0.2) is 0 Å². The molecule has 1 aromatic heterocycles. The number of amides is 1. The predicted molar refractivity (Wildman–Crippen MR) is 52.0 cm³/mol. The minimum atomic E-state index is -0.0183. The van der Waals surface area contributed by atoms with E-state index in [1.165, 1.54) is 6.39 Å². The van der Waals surface area contributed by atoms with Gasteiger partial charge in [0.2, 0.25) is 12.3 Å². The summed E-state index contributed by atoms with van der Waals surface area (Å²) in [6, 6.07) is -0.0183. The Labute approximate surface area is 87.4 Å². The monoisotopic (exact) mass is 210 g/mol. The van der Waals surface area contributed by atoms with Gasteiger partial charge in [-0.1, -0.05) is 5.16 Å². The number of aromatic nitrogens is 2. The third-order valence-electron chi connectivity index (χ3n) is 2.43. The molecule has 1 saturated heterocycles. The molecule has 0 unspecified atom stereocenters. The average molecular weight is 210 g/mol. The molecule has 0 radical (unpaired) electrons. The van der Waals surface area contributed by atoms with Gasteiger partial charge in [-0.3, -0.25) is 4.79 Å². The van der Waals surface area contributed by atoms with Crippen molar-refractivity contribution in [1.82, 2.24) is 20.8 Å². The van der Waals surface area contributed by atoms with Crippen LogP contribution >= 0.6 is 0 Å². The number of hydrogen-bond donors (Lipinski definition) is 2. The Kier molecular flexibility index (Phi) is 3.29. The Bertz CT molecular complexity index is 306. The van der Waals surface area contributed by atoms with Crippen molar-refractivity contribution < 1.29 is 9.32 Å². The maximum atomic E-state index is 11.5.